The number of nitrogens with one attached hydrogen (secondary N) is 2. The van der Waals surface area contributed by atoms with Crippen LogP contribution in [0.15, 0.2) is 41.4 Å². The average molecular weight is 396 g/mol. The van der Waals surface area contributed by atoms with Gasteiger partial charge in [-0.1, -0.05) is 30.4 Å². The molecule has 0 aliphatic carbocycles. The number of allylic oxidation sites excluding steroid dienone is 3. The molecule has 1 aromatic carbocycles. The van der Waals surface area contributed by atoms with Gasteiger partial charge >= 0.3 is 0 Å². The van der Waals surface area contributed by atoms with Crippen molar-refractivity contribution in [3.8, 4) is 0 Å². The van der Waals surface area contributed by atoms with Crippen LogP contribution in [0.1, 0.15) is 64.2 Å². The summed E-state index contributed by atoms with van der Waals surface area (Å²) in [6, 6.07) is 6.19. The zero-order chi connectivity index (χ0) is 21.7. The van der Waals surface area contributed by atoms with E-state index in [0.29, 0.717) is 12.3 Å². The molecule has 0 saturated carbocycles. The maximum atomic E-state index is 8.43. The third-order valence-electron chi connectivity index (χ3n) is 5.29. The maximum Gasteiger partial charge on any atom is 0.0655 e. The van der Waals surface area contributed by atoms with Crippen LogP contribution in [0.25, 0.3) is 5.57 Å². The van der Waals surface area contributed by atoms with Gasteiger partial charge in [-0.15, -0.1) is 0 Å². The SMILES string of the molecule is C/C=C(\C=N/C)c1ccc(C(=N)/C=C\COC2CC(C)(C)NC(C)(C)C2)c(C)c1. The first-order valence-corrected chi connectivity index (χ1v) is 10.4. The Morgan fingerprint density at radius 2 is 1.90 bits per heavy atom. The summed E-state index contributed by atoms with van der Waals surface area (Å²) < 4.78 is 6.12. The molecule has 4 nitrogen and oxygen atoms in total. The quantitative estimate of drug-likeness (QED) is 0.612. The van der Waals surface area contributed by atoms with Crippen molar-refractivity contribution < 1.29 is 4.74 Å². The minimum atomic E-state index is 0.0793. The van der Waals surface area contributed by atoms with Gasteiger partial charge in [-0.2, -0.15) is 0 Å². The minimum Gasteiger partial charge on any atom is -0.374 e. The van der Waals surface area contributed by atoms with Gasteiger partial charge in [-0.25, -0.2) is 0 Å². The second-order valence-corrected chi connectivity index (χ2v) is 9.23. The van der Waals surface area contributed by atoms with E-state index in [4.69, 9.17) is 10.1 Å². The van der Waals surface area contributed by atoms with Gasteiger partial charge in [0.1, 0.15) is 0 Å². The lowest BCUT2D eigenvalue weighted by Crippen LogP contribution is -2.59. The van der Waals surface area contributed by atoms with Gasteiger partial charge in [0.25, 0.3) is 0 Å². The summed E-state index contributed by atoms with van der Waals surface area (Å²) in [6.07, 6.45) is 9.95. The van der Waals surface area contributed by atoms with Crippen LogP contribution in [0.4, 0.5) is 0 Å². The minimum absolute atomic E-state index is 0.0793. The predicted molar refractivity (Wildman–Crippen MR) is 125 cm³/mol. The molecular weight excluding hydrogens is 358 g/mol. The first-order valence-electron chi connectivity index (χ1n) is 10.4. The van der Waals surface area contributed by atoms with Gasteiger partial charge in [0.05, 0.1) is 18.4 Å². The summed E-state index contributed by atoms with van der Waals surface area (Å²) in [5.74, 6) is 0. The van der Waals surface area contributed by atoms with Gasteiger partial charge < -0.3 is 15.5 Å². The highest BCUT2D eigenvalue weighted by Gasteiger charge is 2.37. The molecule has 1 heterocycles. The highest BCUT2D eigenvalue weighted by atomic mass is 16.5. The average Bonchev–Trinajstić information content (AvgIpc) is 2.60. The largest absolute Gasteiger partial charge is 0.374 e. The van der Waals surface area contributed by atoms with E-state index in [0.717, 1.165) is 35.1 Å². The Kier molecular flexibility index (Phi) is 7.73. The zero-order valence-corrected chi connectivity index (χ0v) is 19.1. The molecule has 0 aromatic heterocycles. The molecule has 1 aliphatic heterocycles. The van der Waals surface area contributed by atoms with Crippen molar-refractivity contribution >= 4 is 17.5 Å². The number of nitrogens with zero attached hydrogens (tertiary/aromatic N) is 1. The van der Waals surface area contributed by atoms with Gasteiger partial charge in [-0.05, 0) is 77.2 Å². The van der Waals surface area contributed by atoms with Crippen molar-refractivity contribution in [2.24, 2.45) is 4.99 Å². The summed E-state index contributed by atoms with van der Waals surface area (Å²) >= 11 is 0. The van der Waals surface area contributed by atoms with Crippen molar-refractivity contribution in [1.82, 2.24) is 5.32 Å². The van der Waals surface area contributed by atoms with E-state index in [2.05, 4.69) is 50.1 Å². The molecule has 4 heteroatoms. The molecular formula is C25H37N3O. The summed E-state index contributed by atoms with van der Waals surface area (Å²) in [5, 5.41) is 12.1. The van der Waals surface area contributed by atoms with Gasteiger partial charge in [0.15, 0.2) is 0 Å². The van der Waals surface area contributed by atoms with E-state index in [1.54, 1.807) is 7.05 Å². The summed E-state index contributed by atoms with van der Waals surface area (Å²) in [6.45, 7) is 13.5. The Hall–Kier alpha value is -2.04. The molecule has 0 spiro atoms. The number of rotatable bonds is 7. The highest BCUT2D eigenvalue weighted by Crippen LogP contribution is 2.30. The standard InChI is InChI=1S/C25H37N3O/c1-8-19(17-27-7)20-11-12-22(18(2)14-20)23(26)10-9-13-29-21-15-24(3,4)28-25(5,6)16-21/h8-12,14,17,21,26,28H,13,15-16H2,1-7H3/b10-9-,19-8+,26-23?,27-17-. The Balaban J connectivity index is 1.97. The molecule has 0 radical (unpaired) electrons. The number of hydrogen-bond donors (Lipinski definition) is 2. The number of aryl methyl sites for hydroxylation is 1. The lowest BCUT2D eigenvalue weighted by molar-refractivity contribution is -0.00970. The van der Waals surface area contributed by atoms with E-state index in [1.807, 2.05) is 44.4 Å². The maximum absolute atomic E-state index is 8.43. The molecule has 1 fully saturated rings. The summed E-state index contributed by atoms with van der Waals surface area (Å²) in [4.78, 5) is 4.11. The molecule has 2 rings (SSSR count). The van der Waals surface area contributed by atoms with Crippen molar-refractivity contribution in [2.45, 2.75) is 71.6 Å². The Labute approximate surface area is 176 Å². The lowest BCUT2D eigenvalue weighted by atomic mass is 9.81. The molecule has 1 aliphatic rings. The number of piperidine rings is 1. The van der Waals surface area contributed by atoms with Crippen molar-refractivity contribution in [2.75, 3.05) is 13.7 Å². The monoisotopic (exact) mass is 395 g/mol. The molecule has 29 heavy (non-hydrogen) atoms. The van der Waals surface area contributed by atoms with Crippen molar-refractivity contribution in [3.63, 3.8) is 0 Å². The van der Waals surface area contributed by atoms with Crippen LogP contribution in [0, 0.1) is 12.3 Å². The number of ether oxygens (including phenoxy) is 1. The van der Waals surface area contributed by atoms with E-state index in [9.17, 15) is 0 Å². The van der Waals surface area contributed by atoms with Gasteiger partial charge in [-0.3, -0.25) is 4.99 Å². The molecule has 0 amide bonds. The first kappa shape index (κ1) is 23.2. The molecule has 158 valence electrons. The Morgan fingerprint density at radius 3 is 2.45 bits per heavy atom. The third-order valence-corrected chi connectivity index (χ3v) is 5.29. The summed E-state index contributed by atoms with van der Waals surface area (Å²) in [5.41, 5.74) is 4.91. The normalized spacial score (nSPS) is 19.9. The number of benzene rings is 1. The van der Waals surface area contributed by atoms with Gasteiger partial charge in [0, 0.05) is 29.9 Å². The van der Waals surface area contributed by atoms with Crippen LogP contribution >= 0.6 is 0 Å². The van der Waals surface area contributed by atoms with Gasteiger partial charge in [0.2, 0.25) is 0 Å². The fourth-order valence-corrected chi connectivity index (χ4v) is 4.39. The molecule has 0 atom stereocenters. The number of aliphatic imine (C=N–C) groups is 1. The first-order chi connectivity index (χ1) is 13.6. The molecule has 0 bridgehead atoms. The molecule has 0 unspecified atom stereocenters. The van der Waals surface area contributed by atoms with E-state index in [-0.39, 0.29) is 17.2 Å². The third kappa shape index (κ3) is 6.76. The van der Waals surface area contributed by atoms with E-state index >= 15 is 0 Å². The second-order valence-electron chi connectivity index (χ2n) is 9.23. The predicted octanol–water partition coefficient (Wildman–Crippen LogP) is 5.35. The van der Waals surface area contributed by atoms with E-state index < -0.39 is 0 Å². The van der Waals surface area contributed by atoms with Crippen LogP contribution in [0.3, 0.4) is 0 Å². The van der Waals surface area contributed by atoms with Crippen LogP contribution in [-0.2, 0) is 4.74 Å². The van der Waals surface area contributed by atoms with Crippen LogP contribution in [0.5, 0.6) is 0 Å². The van der Waals surface area contributed by atoms with Crippen molar-refractivity contribution in [1.29, 1.82) is 5.41 Å². The zero-order valence-electron chi connectivity index (χ0n) is 19.1. The van der Waals surface area contributed by atoms with Crippen LogP contribution in [-0.4, -0.2) is 42.8 Å². The molecule has 1 aromatic rings. The highest BCUT2D eigenvalue weighted by molar-refractivity contribution is 6.11. The molecule has 2 N–H and O–H groups in total. The fourth-order valence-electron chi connectivity index (χ4n) is 4.39. The molecule has 1 saturated heterocycles. The Bertz CT molecular complexity index is 799. The number of hydrogen-bond acceptors (Lipinski definition) is 4. The van der Waals surface area contributed by atoms with Crippen molar-refractivity contribution in [3.05, 3.63) is 53.1 Å². The summed E-state index contributed by atoms with van der Waals surface area (Å²) in [7, 11) is 1.78. The lowest BCUT2D eigenvalue weighted by Gasteiger charge is -2.46. The smallest absolute Gasteiger partial charge is 0.0655 e. The Morgan fingerprint density at radius 1 is 1.24 bits per heavy atom. The topological polar surface area (TPSA) is 57.5 Å². The fraction of sp³-hybridized carbons (Fsp3) is 0.520. The van der Waals surface area contributed by atoms with Crippen LogP contribution in [0.2, 0.25) is 0 Å². The van der Waals surface area contributed by atoms with E-state index in [1.165, 1.54) is 0 Å². The van der Waals surface area contributed by atoms with Crippen LogP contribution < -0.4 is 5.32 Å². The second kappa shape index (κ2) is 9.64.